The molecule has 1 N–H and O–H groups in total. The molecule has 0 unspecified atom stereocenters. The van der Waals surface area contributed by atoms with Crippen molar-refractivity contribution in [3.63, 3.8) is 0 Å². The summed E-state index contributed by atoms with van der Waals surface area (Å²) in [5.74, 6) is 0. The second-order valence-corrected chi connectivity index (χ2v) is 3.47. The Morgan fingerprint density at radius 1 is 1.31 bits per heavy atom. The smallest absolute Gasteiger partial charge is 0.0622 e. The van der Waals surface area contributed by atoms with Crippen LogP contribution < -0.4 is 0 Å². The van der Waals surface area contributed by atoms with Crippen molar-refractivity contribution in [1.29, 1.82) is 5.26 Å². The molecule has 3 nitrogen and oxygen atoms in total. The number of nitriles is 1. The monoisotopic (exact) mass is 184 g/mol. The largest absolute Gasteiger partial charge is 0.396 e. The average molecular weight is 184 g/mol. The molecule has 0 aliphatic rings. The van der Waals surface area contributed by atoms with E-state index in [1.54, 1.807) is 0 Å². The highest BCUT2D eigenvalue weighted by molar-refractivity contribution is 4.71. The van der Waals surface area contributed by atoms with E-state index in [4.69, 9.17) is 10.4 Å². The van der Waals surface area contributed by atoms with Gasteiger partial charge in [0.2, 0.25) is 0 Å². The number of hydrogen-bond acceptors (Lipinski definition) is 3. The van der Waals surface area contributed by atoms with E-state index in [0.29, 0.717) is 12.5 Å². The number of rotatable bonds is 7. The fourth-order valence-corrected chi connectivity index (χ4v) is 1.26. The SMILES string of the molecule is CC(C)N(CCCO)CCCC#N. The van der Waals surface area contributed by atoms with Gasteiger partial charge in [0.25, 0.3) is 0 Å². The van der Waals surface area contributed by atoms with Crippen molar-refractivity contribution < 1.29 is 5.11 Å². The molecule has 0 saturated carbocycles. The Morgan fingerprint density at radius 2 is 1.92 bits per heavy atom. The Hall–Kier alpha value is -0.590. The van der Waals surface area contributed by atoms with Crippen LogP contribution in [0.15, 0.2) is 0 Å². The molecule has 0 fully saturated rings. The highest BCUT2D eigenvalue weighted by atomic mass is 16.3. The third-order valence-corrected chi connectivity index (χ3v) is 2.07. The van der Waals surface area contributed by atoms with Crippen LogP contribution in [0.5, 0.6) is 0 Å². The van der Waals surface area contributed by atoms with Crippen LogP contribution in [-0.2, 0) is 0 Å². The lowest BCUT2D eigenvalue weighted by atomic mass is 10.2. The van der Waals surface area contributed by atoms with E-state index >= 15 is 0 Å². The maximum Gasteiger partial charge on any atom is 0.0622 e. The molecule has 0 aromatic rings. The second-order valence-electron chi connectivity index (χ2n) is 3.47. The van der Waals surface area contributed by atoms with E-state index < -0.39 is 0 Å². The quantitative estimate of drug-likeness (QED) is 0.608. The third-order valence-electron chi connectivity index (χ3n) is 2.07. The standard InChI is InChI=1S/C10H20N2O/c1-10(2)12(8-5-9-13)7-4-3-6-11/h10,13H,3-5,7-9H2,1-2H3. The lowest BCUT2D eigenvalue weighted by molar-refractivity contribution is 0.190. The van der Waals surface area contributed by atoms with E-state index in [0.717, 1.165) is 25.9 Å². The van der Waals surface area contributed by atoms with Gasteiger partial charge in [0, 0.05) is 25.6 Å². The zero-order chi connectivity index (χ0) is 10.1. The van der Waals surface area contributed by atoms with Crippen LogP contribution in [0.2, 0.25) is 0 Å². The van der Waals surface area contributed by atoms with Crippen LogP contribution in [0.3, 0.4) is 0 Å². The fraction of sp³-hybridized carbons (Fsp3) is 0.900. The molecule has 0 aliphatic heterocycles. The molecule has 0 aromatic heterocycles. The number of unbranched alkanes of at least 4 members (excludes halogenated alkanes) is 1. The van der Waals surface area contributed by atoms with E-state index in [2.05, 4.69) is 24.8 Å². The highest BCUT2D eigenvalue weighted by Crippen LogP contribution is 2.02. The normalized spacial score (nSPS) is 10.8. The zero-order valence-corrected chi connectivity index (χ0v) is 8.66. The maximum atomic E-state index is 8.69. The summed E-state index contributed by atoms with van der Waals surface area (Å²) in [7, 11) is 0. The number of hydrogen-bond donors (Lipinski definition) is 1. The molecular weight excluding hydrogens is 164 g/mol. The Bertz CT molecular complexity index is 151. The van der Waals surface area contributed by atoms with Gasteiger partial charge in [-0.2, -0.15) is 5.26 Å². The lowest BCUT2D eigenvalue weighted by Crippen LogP contribution is -2.33. The van der Waals surface area contributed by atoms with Gasteiger partial charge in [-0.15, -0.1) is 0 Å². The van der Waals surface area contributed by atoms with Crippen molar-refractivity contribution in [1.82, 2.24) is 4.90 Å². The Balaban J connectivity index is 3.62. The lowest BCUT2D eigenvalue weighted by Gasteiger charge is -2.25. The Kier molecular flexibility index (Phi) is 7.66. The highest BCUT2D eigenvalue weighted by Gasteiger charge is 2.07. The van der Waals surface area contributed by atoms with Crippen molar-refractivity contribution in [2.24, 2.45) is 0 Å². The molecule has 0 heterocycles. The summed E-state index contributed by atoms with van der Waals surface area (Å²) >= 11 is 0. The predicted molar refractivity (Wildman–Crippen MR) is 53.3 cm³/mol. The molecule has 0 radical (unpaired) electrons. The van der Waals surface area contributed by atoms with Gasteiger partial charge in [-0.3, -0.25) is 0 Å². The summed E-state index contributed by atoms with van der Waals surface area (Å²) in [5.41, 5.74) is 0. The predicted octanol–water partition coefficient (Wildman–Crippen LogP) is 1.38. The number of nitrogens with zero attached hydrogens (tertiary/aromatic N) is 2. The molecule has 0 spiro atoms. The molecule has 0 amide bonds. The molecule has 0 rings (SSSR count). The first-order chi connectivity index (χ1) is 6.22. The van der Waals surface area contributed by atoms with Gasteiger partial charge >= 0.3 is 0 Å². The van der Waals surface area contributed by atoms with E-state index in [1.165, 1.54) is 0 Å². The minimum absolute atomic E-state index is 0.251. The van der Waals surface area contributed by atoms with E-state index in [1.807, 2.05) is 0 Å². The van der Waals surface area contributed by atoms with Gasteiger partial charge < -0.3 is 10.0 Å². The first-order valence-electron chi connectivity index (χ1n) is 4.94. The second kappa shape index (κ2) is 8.03. The Morgan fingerprint density at radius 3 is 2.38 bits per heavy atom. The summed E-state index contributed by atoms with van der Waals surface area (Å²) in [6, 6.07) is 2.65. The first-order valence-corrected chi connectivity index (χ1v) is 4.94. The molecule has 3 heteroatoms. The summed E-state index contributed by atoms with van der Waals surface area (Å²) in [6.45, 7) is 6.43. The van der Waals surface area contributed by atoms with Crippen LogP contribution in [0, 0.1) is 11.3 Å². The summed E-state index contributed by atoms with van der Waals surface area (Å²) in [5, 5.41) is 17.1. The van der Waals surface area contributed by atoms with Crippen molar-refractivity contribution in [2.75, 3.05) is 19.7 Å². The summed E-state index contributed by atoms with van der Waals surface area (Å²) < 4.78 is 0. The fourth-order valence-electron chi connectivity index (χ4n) is 1.26. The molecule has 0 bridgehead atoms. The molecule has 13 heavy (non-hydrogen) atoms. The van der Waals surface area contributed by atoms with Crippen LogP contribution in [0.25, 0.3) is 0 Å². The van der Waals surface area contributed by atoms with Crippen molar-refractivity contribution in [2.45, 2.75) is 39.2 Å². The van der Waals surface area contributed by atoms with E-state index in [9.17, 15) is 0 Å². The van der Waals surface area contributed by atoms with Gasteiger partial charge in [0.15, 0.2) is 0 Å². The maximum absolute atomic E-state index is 8.69. The summed E-state index contributed by atoms with van der Waals surface area (Å²) in [6.07, 6.45) is 2.38. The molecule has 0 saturated heterocycles. The van der Waals surface area contributed by atoms with Crippen molar-refractivity contribution in [3.8, 4) is 6.07 Å². The Labute approximate surface area is 81.0 Å². The van der Waals surface area contributed by atoms with Crippen molar-refractivity contribution in [3.05, 3.63) is 0 Å². The molecular formula is C10H20N2O. The third kappa shape index (κ3) is 6.56. The van der Waals surface area contributed by atoms with Crippen LogP contribution in [0.1, 0.15) is 33.1 Å². The van der Waals surface area contributed by atoms with Crippen molar-refractivity contribution >= 4 is 0 Å². The summed E-state index contributed by atoms with van der Waals surface area (Å²) in [4.78, 5) is 2.30. The minimum atomic E-state index is 0.251. The average Bonchev–Trinajstić information content (AvgIpc) is 2.10. The van der Waals surface area contributed by atoms with Gasteiger partial charge in [-0.05, 0) is 33.2 Å². The first kappa shape index (κ1) is 12.4. The number of aliphatic hydroxyl groups is 1. The topological polar surface area (TPSA) is 47.3 Å². The van der Waals surface area contributed by atoms with Gasteiger partial charge in [0.05, 0.1) is 6.07 Å². The van der Waals surface area contributed by atoms with Crippen LogP contribution in [0.4, 0.5) is 0 Å². The van der Waals surface area contributed by atoms with Crippen LogP contribution >= 0.6 is 0 Å². The zero-order valence-electron chi connectivity index (χ0n) is 8.66. The van der Waals surface area contributed by atoms with Gasteiger partial charge in [-0.1, -0.05) is 0 Å². The van der Waals surface area contributed by atoms with E-state index in [-0.39, 0.29) is 6.61 Å². The number of aliphatic hydroxyl groups excluding tert-OH is 1. The molecule has 0 aliphatic carbocycles. The molecule has 76 valence electrons. The molecule has 0 aromatic carbocycles. The van der Waals surface area contributed by atoms with Gasteiger partial charge in [0.1, 0.15) is 0 Å². The van der Waals surface area contributed by atoms with Gasteiger partial charge in [-0.25, -0.2) is 0 Å². The minimum Gasteiger partial charge on any atom is -0.396 e. The molecule has 0 atom stereocenters. The van der Waals surface area contributed by atoms with Crippen LogP contribution in [-0.4, -0.2) is 35.7 Å².